The fourth-order valence-electron chi connectivity index (χ4n) is 3.43. The van der Waals surface area contributed by atoms with E-state index in [-0.39, 0.29) is 22.8 Å². The number of hydrogen-bond acceptors (Lipinski definition) is 6. The number of benzene rings is 3. The Balaban J connectivity index is 1.50. The molecular formula is C23H19FN2O6S. The summed E-state index contributed by atoms with van der Waals surface area (Å²) in [5, 5.41) is 2.67. The molecule has 0 aromatic heterocycles. The van der Waals surface area contributed by atoms with Crippen molar-refractivity contribution in [3.05, 3.63) is 83.7 Å². The molecule has 0 saturated carbocycles. The monoisotopic (exact) mass is 470 g/mol. The van der Waals surface area contributed by atoms with E-state index in [1.165, 1.54) is 19.2 Å². The largest absolute Gasteiger partial charge is 0.495 e. The molecule has 2 N–H and O–H groups in total. The van der Waals surface area contributed by atoms with Crippen molar-refractivity contribution in [3.8, 4) is 5.75 Å². The van der Waals surface area contributed by atoms with Crippen molar-refractivity contribution in [2.24, 2.45) is 0 Å². The molecule has 3 aromatic rings. The Morgan fingerprint density at radius 2 is 1.82 bits per heavy atom. The van der Waals surface area contributed by atoms with Gasteiger partial charge in [-0.2, -0.15) is 0 Å². The fraction of sp³-hybridized carbons (Fsp3) is 0.130. The topological polar surface area (TPSA) is 111 Å². The zero-order valence-corrected chi connectivity index (χ0v) is 18.2. The summed E-state index contributed by atoms with van der Waals surface area (Å²) >= 11 is 0. The van der Waals surface area contributed by atoms with Crippen LogP contribution in [0.2, 0.25) is 0 Å². The Morgan fingerprint density at radius 3 is 2.55 bits per heavy atom. The molecule has 0 radical (unpaired) electrons. The number of carbonyl (C=O) groups excluding carboxylic acids is 2. The van der Waals surface area contributed by atoms with Gasteiger partial charge in [0.2, 0.25) is 5.91 Å². The molecule has 1 aliphatic rings. The quantitative estimate of drug-likeness (QED) is 0.507. The molecule has 0 fully saturated rings. The first-order valence-corrected chi connectivity index (χ1v) is 11.3. The van der Waals surface area contributed by atoms with Crippen molar-refractivity contribution >= 4 is 33.3 Å². The number of sulfonamides is 1. The summed E-state index contributed by atoms with van der Waals surface area (Å²) < 4.78 is 51.4. The number of amides is 1. The Hall–Kier alpha value is -3.92. The summed E-state index contributed by atoms with van der Waals surface area (Å²) in [4.78, 5) is 24.4. The molecule has 0 saturated heterocycles. The average Bonchev–Trinajstić information content (AvgIpc) is 3.09. The smallest absolute Gasteiger partial charge is 0.339 e. The predicted octanol–water partition coefficient (Wildman–Crippen LogP) is 3.88. The van der Waals surface area contributed by atoms with Gasteiger partial charge in [0.1, 0.15) is 17.7 Å². The lowest BCUT2D eigenvalue weighted by Crippen LogP contribution is -2.17. The number of halogens is 1. The van der Waals surface area contributed by atoms with Crippen LogP contribution in [-0.2, 0) is 19.6 Å². The lowest BCUT2D eigenvalue weighted by molar-refractivity contribution is -0.118. The van der Waals surface area contributed by atoms with Crippen molar-refractivity contribution in [3.63, 3.8) is 0 Å². The van der Waals surface area contributed by atoms with E-state index in [0.717, 1.165) is 24.3 Å². The Bertz CT molecular complexity index is 1330. The van der Waals surface area contributed by atoms with Crippen molar-refractivity contribution in [2.75, 3.05) is 17.1 Å². The van der Waals surface area contributed by atoms with Gasteiger partial charge in [0.25, 0.3) is 10.0 Å². The van der Waals surface area contributed by atoms with Gasteiger partial charge in [0, 0.05) is 11.3 Å². The number of carbonyl (C=O) groups is 2. The third kappa shape index (κ3) is 4.80. The van der Waals surface area contributed by atoms with Gasteiger partial charge in [-0.25, -0.2) is 17.6 Å². The van der Waals surface area contributed by atoms with E-state index in [2.05, 4.69) is 10.0 Å². The minimum atomic E-state index is -4.03. The number of rotatable bonds is 7. The minimum absolute atomic E-state index is 0.0808. The number of methoxy groups -OCH3 is 1. The van der Waals surface area contributed by atoms with E-state index >= 15 is 0 Å². The van der Waals surface area contributed by atoms with Crippen LogP contribution in [0.5, 0.6) is 5.75 Å². The molecule has 1 heterocycles. The average molecular weight is 470 g/mol. The van der Waals surface area contributed by atoms with Gasteiger partial charge < -0.3 is 14.8 Å². The highest BCUT2D eigenvalue weighted by Crippen LogP contribution is 2.34. The second kappa shape index (κ2) is 8.91. The van der Waals surface area contributed by atoms with Crippen LogP contribution < -0.4 is 14.8 Å². The van der Waals surface area contributed by atoms with Gasteiger partial charge in [-0.05, 0) is 48.5 Å². The van der Waals surface area contributed by atoms with E-state index in [1.807, 2.05) is 0 Å². The van der Waals surface area contributed by atoms with Crippen LogP contribution in [0.1, 0.15) is 28.4 Å². The van der Waals surface area contributed by atoms with Gasteiger partial charge in [-0.1, -0.05) is 18.2 Å². The summed E-state index contributed by atoms with van der Waals surface area (Å²) in [6.07, 6.45) is -0.811. The maximum Gasteiger partial charge on any atom is 0.339 e. The molecule has 0 aliphatic carbocycles. The predicted molar refractivity (Wildman–Crippen MR) is 118 cm³/mol. The SMILES string of the molecule is COc1ccc(NC(=O)C[C@H]2OC(=O)c3ccccc32)cc1NS(=O)(=O)c1ccc(F)cc1. The van der Waals surface area contributed by atoms with E-state index in [1.54, 1.807) is 30.3 Å². The Labute approximate surface area is 189 Å². The number of anilines is 2. The second-order valence-electron chi connectivity index (χ2n) is 7.21. The highest BCUT2D eigenvalue weighted by molar-refractivity contribution is 7.92. The standard InChI is InChI=1S/C23H19FN2O6S/c1-31-20-11-8-15(12-19(20)26-33(29,30)16-9-6-14(24)7-10-16)25-22(27)13-21-17-4-2-3-5-18(17)23(28)32-21/h2-12,21,26H,13H2,1H3,(H,25,27)/t21-/m1/s1. The fourth-order valence-corrected chi connectivity index (χ4v) is 4.50. The van der Waals surface area contributed by atoms with Crippen molar-refractivity contribution in [2.45, 2.75) is 17.4 Å². The molecule has 8 nitrogen and oxygen atoms in total. The van der Waals surface area contributed by atoms with E-state index in [4.69, 9.17) is 9.47 Å². The zero-order chi connectivity index (χ0) is 23.6. The van der Waals surface area contributed by atoms with Crippen molar-refractivity contribution < 1.29 is 31.9 Å². The number of nitrogens with one attached hydrogen (secondary N) is 2. The number of cyclic esters (lactones) is 1. The van der Waals surface area contributed by atoms with Crippen LogP contribution in [0.25, 0.3) is 0 Å². The molecule has 1 aliphatic heterocycles. The van der Waals surface area contributed by atoms with E-state index < -0.39 is 33.8 Å². The molecule has 3 aromatic carbocycles. The van der Waals surface area contributed by atoms with Gasteiger partial charge in [-0.15, -0.1) is 0 Å². The first kappa shape index (κ1) is 22.3. The lowest BCUT2D eigenvalue weighted by Gasteiger charge is -2.15. The third-order valence-electron chi connectivity index (χ3n) is 5.00. The van der Waals surface area contributed by atoms with Crippen LogP contribution in [0, 0.1) is 5.82 Å². The molecule has 0 unspecified atom stereocenters. The maximum absolute atomic E-state index is 13.1. The minimum Gasteiger partial charge on any atom is -0.495 e. The molecule has 33 heavy (non-hydrogen) atoms. The number of hydrogen-bond donors (Lipinski definition) is 2. The number of esters is 1. The number of fused-ring (bicyclic) bond motifs is 1. The van der Waals surface area contributed by atoms with Crippen LogP contribution in [0.15, 0.2) is 71.6 Å². The molecule has 4 rings (SSSR count). The highest BCUT2D eigenvalue weighted by atomic mass is 32.2. The van der Waals surface area contributed by atoms with E-state index in [0.29, 0.717) is 16.8 Å². The second-order valence-corrected chi connectivity index (χ2v) is 8.89. The van der Waals surface area contributed by atoms with Crippen LogP contribution in [0.4, 0.5) is 15.8 Å². The van der Waals surface area contributed by atoms with Gasteiger partial charge in [0.05, 0.1) is 29.7 Å². The maximum atomic E-state index is 13.1. The summed E-state index contributed by atoms with van der Waals surface area (Å²) in [7, 11) is -2.66. The molecule has 1 atom stereocenters. The molecule has 0 spiro atoms. The van der Waals surface area contributed by atoms with Crippen LogP contribution in [0.3, 0.4) is 0 Å². The highest BCUT2D eigenvalue weighted by Gasteiger charge is 2.32. The van der Waals surface area contributed by atoms with Crippen LogP contribution >= 0.6 is 0 Å². The molecule has 1 amide bonds. The lowest BCUT2D eigenvalue weighted by atomic mass is 10.0. The van der Waals surface area contributed by atoms with Gasteiger partial charge >= 0.3 is 5.97 Å². The third-order valence-corrected chi connectivity index (χ3v) is 6.38. The summed E-state index contributed by atoms with van der Waals surface area (Å²) in [6.45, 7) is 0. The van der Waals surface area contributed by atoms with Crippen molar-refractivity contribution in [1.29, 1.82) is 0 Å². The summed E-state index contributed by atoms with van der Waals surface area (Å²) in [5.74, 6) is -1.25. The van der Waals surface area contributed by atoms with Gasteiger partial charge in [-0.3, -0.25) is 9.52 Å². The molecule has 0 bridgehead atoms. The first-order valence-electron chi connectivity index (χ1n) is 9.83. The zero-order valence-electron chi connectivity index (χ0n) is 17.4. The Morgan fingerprint density at radius 1 is 1.09 bits per heavy atom. The molecule has 10 heteroatoms. The molecular weight excluding hydrogens is 451 g/mol. The normalized spacial score (nSPS) is 14.8. The first-order chi connectivity index (χ1) is 15.8. The van der Waals surface area contributed by atoms with Gasteiger partial charge in [0.15, 0.2) is 0 Å². The number of ether oxygens (including phenoxy) is 2. The molecule has 170 valence electrons. The summed E-state index contributed by atoms with van der Waals surface area (Å²) in [6, 6.07) is 15.6. The van der Waals surface area contributed by atoms with E-state index in [9.17, 15) is 22.4 Å². The Kier molecular flexibility index (Phi) is 6.01. The van der Waals surface area contributed by atoms with Crippen LogP contribution in [-0.4, -0.2) is 27.4 Å². The van der Waals surface area contributed by atoms with Crippen molar-refractivity contribution in [1.82, 2.24) is 0 Å². The summed E-state index contributed by atoms with van der Waals surface area (Å²) in [5.41, 5.74) is 1.45.